The first-order valence-electron chi connectivity index (χ1n) is 23.8. The minimum Gasteiger partial charge on any atom is -0.391 e. The molecule has 6 rings (SSSR count). The third-order valence-corrected chi connectivity index (χ3v) is 10.5. The third-order valence-electron chi connectivity index (χ3n) is 10.5. The summed E-state index contributed by atoms with van der Waals surface area (Å²) in [5.41, 5.74) is 8.62. The minimum atomic E-state index is -1.28. The second-order valence-corrected chi connectivity index (χ2v) is 17.6. The monoisotopic (exact) mass is 1010 g/mol. The van der Waals surface area contributed by atoms with Crippen LogP contribution in [-0.4, -0.2) is 135 Å². The van der Waals surface area contributed by atoms with Gasteiger partial charge in [0, 0.05) is 71.7 Å². The first-order chi connectivity index (χ1) is 35.6. The zero-order valence-corrected chi connectivity index (χ0v) is 42.5. The number of aliphatic hydroxyl groups is 1. The summed E-state index contributed by atoms with van der Waals surface area (Å²) in [5, 5.41) is 26.6. The maximum Gasteiger partial charge on any atom is 0.268 e. The van der Waals surface area contributed by atoms with Crippen molar-refractivity contribution in [3.05, 3.63) is 142 Å². The van der Waals surface area contributed by atoms with Crippen LogP contribution in [0.2, 0.25) is 0 Å². The van der Waals surface area contributed by atoms with E-state index in [4.69, 9.17) is 24.3 Å². The summed E-state index contributed by atoms with van der Waals surface area (Å²) < 4.78 is 16.2. The van der Waals surface area contributed by atoms with Gasteiger partial charge in [-0.05, 0) is 137 Å². The van der Waals surface area contributed by atoms with Crippen LogP contribution in [0.1, 0.15) is 93.5 Å². The molecule has 74 heavy (non-hydrogen) atoms. The van der Waals surface area contributed by atoms with Crippen molar-refractivity contribution in [3.63, 3.8) is 0 Å². The Morgan fingerprint density at radius 2 is 1.11 bits per heavy atom. The van der Waals surface area contributed by atoms with E-state index in [-0.39, 0.29) is 5.56 Å². The lowest BCUT2D eigenvalue weighted by Crippen LogP contribution is -2.54. The van der Waals surface area contributed by atoms with Gasteiger partial charge in [0.2, 0.25) is 0 Å². The summed E-state index contributed by atoms with van der Waals surface area (Å²) in [6.07, 6.45) is -1.01. The molecule has 2 saturated heterocycles. The maximum absolute atomic E-state index is 12.7. The highest BCUT2D eigenvalue weighted by molar-refractivity contribution is 5.98. The van der Waals surface area contributed by atoms with E-state index in [2.05, 4.69) is 85.8 Å². The summed E-state index contributed by atoms with van der Waals surface area (Å²) in [4.78, 5) is 66.7. The quantitative estimate of drug-likeness (QED) is 0.0442. The minimum absolute atomic E-state index is 0.283. The van der Waals surface area contributed by atoms with Crippen molar-refractivity contribution in [1.29, 1.82) is 0 Å². The molecule has 2 aliphatic heterocycles. The molecule has 388 valence electrons. The molecule has 0 spiro atoms. The predicted molar refractivity (Wildman–Crippen MR) is 278 cm³/mol. The zero-order chi connectivity index (χ0) is 53.7. The molecule has 7 N–H and O–H groups in total. The van der Waals surface area contributed by atoms with E-state index < -0.39 is 53.5 Å². The Morgan fingerprint density at radius 3 is 1.49 bits per heavy atom. The van der Waals surface area contributed by atoms with Gasteiger partial charge in [-0.3, -0.25) is 38.9 Å². The number of aldehydes is 1. The molecular formula is C57H64N6O11. The van der Waals surface area contributed by atoms with E-state index in [1.54, 1.807) is 79.7 Å². The fourth-order valence-corrected chi connectivity index (χ4v) is 6.81. The second kappa shape index (κ2) is 31.7. The van der Waals surface area contributed by atoms with Crippen molar-refractivity contribution < 1.29 is 53.3 Å². The fourth-order valence-electron chi connectivity index (χ4n) is 6.81. The summed E-state index contributed by atoms with van der Waals surface area (Å²) >= 11 is 0. The van der Waals surface area contributed by atoms with Gasteiger partial charge in [0.25, 0.3) is 23.6 Å². The van der Waals surface area contributed by atoms with Gasteiger partial charge in [0.05, 0.1) is 51.3 Å². The smallest absolute Gasteiger partial charge is 0.268 e. The van der Waals surface area contributed by atoms with Crippen LogP contribution in [-0.2, 0) is 35.2 Å². The molecule has 4 aromatic rings. The molecule has 4 aromatic carbocycles. The number of ether oxygens (including phenoxy) is 3. The number of hydrogen-bond donors (Lipinski definition) is 7. The molecule has 2 aliphatic rings. The summed E-state index contributed by atoms with van der Waals surface area (Å²) in [6.45, 7) is 16.8. The summed E-state index contributed by atoms with van der Waals surface area (Å²) in [6, 6.07) is 25.8. The highest BCUT2D eigenvalue weighted by Crippen LogP contribution is 2.15. The van der Waals surface area contributed by atoms with E-state index >= 15 is 0 Å². The second-order valence-electron chi connectivity index (χ2n) is 17.6. The van der Waals surface area contributed by atoms with Crippen molar-refractivity contribution in [3.8, 4) is 47.4 Å². The largest absolute Gasteiger partial charge is 0.391 e. The van der Waals surface area contributed by atoms with E-state index in [1.807, 2.05) is 32.9 Å². The normalized spacial score (nSPS) is 14.4. The average Bonchev–Trinajstić information content (AvgIpc) is 3.41. The van der Waals surface area contributed by atoms with E-state index in [9.17, 15) is 29.1 Å². The van der Waals surface area contributed by atoms with Crippen LogP contribution in [0.3, 0.4) is 0 Å². The number of hydroxylamine groups is 2. The van der Waals surface area contributed by atoms with Crippen LogP contribution >= 0.6 is 0 Å². The van der Waals surface area contributed by atoms with Gasteiger partial charge in [-0.15, -0.1) is 0 Å². The van der Waals surface area contributed by atoms with Crippen LogP contribution in [0.25, 0.3) is 0 Å². The third kappa shape index (κ3) is 22.0. The van der Waals surface area contributed by atoms with Gasteiger partial charge in [-0.1, -0.05) is 47.9 Å². The lowest BCUT2D eigenvalue weighted by molar-refractivity contribution is -0.140. The summed E-state index contributed by atoms with van der Waals surface area (Å²) in [7, 11) is 1.32. The van der Waals surface area contributed by atoms with Crippen molar-refractivity contribution in [2.75, 3.05) is 59.7 Å². The van der Waals surface area contributed by atoms with Crippen LogP contribution in [0.5, 0.6) is 0 Å². The number of amides is 4. The topological polar surface area (TPSA) is 226 Å². The molecule has 1 unspecified atom stereocenters. The van der Waals surface area contributed by atoms with E-state index in [1.165, 1.54) is 25.1 Å². The molecule has 4 atom stereocenters. The molecule has 17 nitrogen and oxygen atoms in total. The Bertz CT molecular complexity index is 2690. The molecule has 0 aliphatic carbocycles. The van der Waals surface area contributed by atoms with Gasteiger partial charge in [0.1, 0.15) is 18.4 Å². The lowest BCUT2D eigenvalue weighted by atomic mass is 10.1. The number of nitrogens with zero attached hydrogens (tertiary/aromatic N) is 1. The number of morpholine rings is 2. The lowest BCUT2D eigenvalue weighted by Gasteiger charge is -2.30. The Morgan fingerprint density at radius 1 is 0.676 bits per heavy atom. The SMILES string of the molecule is C1COCCN1.CC(O)[C@H](NC(=O)c1ccc(C#CC#Cc2ccc(CN3CCOCC3)cc2)cc1)C(=O)NO.CONC(=O)[C@@H](NC(=O)c1ccc(C#CC#Cc2ccc(C=O)cc2)cc1)[C@@H](C)OC(C)(C)C. The first-order valence-corrected chi connectivity index (χ1v) is 23.8. The number of hydrogen-bond acceptors (Lipinski definition) is 13. The van der Waals surface area contributed by atoms with Crippen molar-refractivity contribution in [2.45, 2.75) is 71.1 Å². The number of rotatable bonds is 13. The molecular weight excluding hydrogens is 945 g/mol. The Hall–Kier alpha value is -7.65. The van der Waals surface area contributed by atoms with Crippen molar-refractivity contribution >= 4 is 29.9 Å². The standard InChI is InChI=1S/C27H28N2O5.C26H27N3O5.C4H9NO/c1-19(34-27(2,3)4)24(26(32)29-33-5)28-25(31)23-16-14-21(15-17-23)9-7-6-8-20-10-12-22(18-30)13-11-20;1-19(30)24(26(32)28-33)27-25(31)23-12-10-21(11-13-23)5-3-2-4-20-6-8-22(9-7-20)18-29-14-16-34-17-15-29;1-3-6-4-2-5-1/h10-19,24H,1-5H3,(H,28,31)(H,29,32);6-13,19,24,30,33H,14-18H2,1H3,(H,27,31)(H,28,32);5H,1-4H2/t19-,24+;19?,24-;/m10./s1. The molecule has 0 aromatic heterocycles. The van der Waals surface area contributed by atoms with Gasteiger partial charge in [-0.2, -0.15) is 0 Å². The van der Waals surface area contributed by atoms with E-state index in [0.717, 1.165) is 76.6 Å². The molecule has 0 bridgehead atoms. The first kappa shape index (κ1) is 58.9. The zero-order valence-electron chi connectivity index (χ0n) is 42.5. The van der Waals surface area contributed by atoms with Gasteiger partial charge >= 0.3 is 0 Å². The van der Waals surface area contributed by atoms with Crippen LogP contribution in [0.15, 0.2) is 97.1 Å². The predicted octanol–water partition coefficient (Wildman–Crippen LogP) is 3.39. The van der Waals surface area contributed by atoms with Crippen LogP contribution < -0.4 is 26.9 Å². The highest BCUT2D eigenvalue weighted by atomic mass is 16.6. The van der Waals surface area contributed by atoms with Gasteiger partial charge in [-0.25, -0.2) is 11.0 Å². The number of carbonyl (C=O) groups is 5. The van der Waals surface area contributed by atoms with Gasteiger partial charge < -0.3 is 35.3 Å². The molecule has 2 fully saturated rings. The Balaban J connectivity index is 0.000000287. The Kier molecular flexibility index (Phi) is 25.3. The van der Waals surface area contributed by atoms with Crippen LogP contribution in [0, 0.1) is 47.4 Å². The molecule has 2 heterocycles. The maximum atomic E-state index is 12.7. The number of aliphatic hydroxyl groups excluding tert-OH is 1. The van der Waals surface area contributed by atoms with E-state index in [0.29, 0.717) is 22.3 Å². The Labute approximate surface area is 433 Å². The van der Waals surface area contributed by atoms with Crippen LogP contribution in [0.4, 0.5) is 0 Å². The number of nitrogens with one attached hydrogen (secondary N) is 5. The summed E-state index contributed by atoms with van der Waals surface area (Å²) in [5.74, 6) is 20.5. The molecule has 0 radical (unpaired) electrons. The average molecular weight is 1010 g/mol. The van der Waals surface area contributed by atoms with Gasteiger partial charge in [0.15, 0.2) is 0 Å². The fraction of sp³-hybridized carbons (Fsp3) is 0.351. The molecule has 0 saturated carbocycles. The number of benzene rings is 4. The highest BCUT2D eigenvalue weighted by Gasteiger charge is 2.31. The molecule has 4 amide bonds. The van der Waals surface area contributed by atoms with Crippen molar-refractivity contribution in [1.82, 2.24) is 31.8 Å². The molecule has 17 heteroatoms. The number of carbonyl (C=O) groups excluding carboxylic acids is 5. The van der Waals surface area contributed by atoms with Crippen molar-refractivity contribution in [2.24, 2.45) is 0 Å².